The van der Waals surface area contributed by atoms with Crippen LogP contribution in [0.5, 0.6) is 5.75 Å². The zero-order valence-electron chi connectivity index (χ0n) is 21.9. The fourth-order valence-electron chi connectivity index (χ4n) is 5.26. The van der Waals surface area contributed by atoms with Gasteiger partial charge in [-0.15, -0.1) is 0 Å². The smallest absolute Gasteiger partial charge is 0.256 e. The molecule has 0 bridgehead atoms. The lowest BCUT2D eigenvalue weighted by Gasteiger charge is -2.30. The lowest BCUT2D eigenvalue weighted by Crippen LogP contribution is -2.40. The fourth-order valence-corrected chi connectivity index (χ4v) is 5.26. The van der Waals surface area contributed by atoms with Crippen LogP contribution in [0.15, 0.2) is 95.1 Å². The molecule has 3 aromatic carbocycles. The summed E-state index contributed by atoms with van der Waals surface area (Å²) in [6, 6.07) is 26.5. The molecule has 0 spiro atoms. The molecule has 2 atom stereocenters. The lowest BCUT2D eigenvalue weighted by molar-refractivity contribution is -0.122. The summed E-state index contributed by atoms with van der Waals surface area (Å²) < 4.78 is 6.21. The Balaban J connectivity index is 1.59. The van der Waals surface area contributed by atoms with Crippen LogP contribution in [0.4, 0.5) is 11.4 Å². The van der Waals surface area contributed by atoms with Crippen molar-refractivity contribution in [1.82, 2.24) is 0 Å². The van der Waals surface area contributed by atoms with Crippen LogP contribution in [-0.4, -0.2) is 29.8 Å². The van der Waals surface area contributed by atoms with E-state index in [1.807, 2.05) is 98.8 Å². The van der Waals surface area contributed by atoms with Gasteiger partial charge >= 0.3 is 0 Å². The van der Waals surface area contributed by atoms with Gasteiger partial charge < -0.3 is 4.74 Å². The molecule has 0 aliphatic carbocycles. The first-order chi connectivity index (χ1) is 18.5. The summed E-state index contributed by atoms with van der Waals surface area (Å²) in [5, 5.41) is 12.2. The van der Waals surface area contributed by atoms with Crippen LogP contribution in [0.3, 0.4) is 0 Å². The molecule has 2 aliphatic heterocycles. The summed E-state index contributed by atoms with van der Waals surface area (Å²) in [4.78, 5) is 28.1. The highest BCUT2D eigenvalue weighted by molar-refractivity contribution is 6.19. The van der Waals surface area contributed by atoms with Gasteiger partial charge in [0.25, 0.3) is 11.8 Å². The summed E-state index contributed by atoms with van der Waals surface area (Å²) in [6.07, 6.45) is 1.91. The molecular weight excluding hydrogens is 476 g/mol. The van der Waals surface area contributed by atoms with Crippen molar-refractivity contribution >= 4 is 34.6 Å². The van der Waals surface area contributed by atoms with Crippen LogP contribution in [-0.2, 0) is 9.59 Å². The van der Waals surface area contributed by atoms with Gasteiger partial charge in [-0.1, -0.05) is 67.9 Å². The van der Waals surface area contributed by atoms with Crippen LogP contribution in [0.2, 0.25) is 0 Å². The van der Waals surface area contributed by atoms with Crippen molar-refractivity contribution in [1.29, 1.82) is 0 Å². The molecule has 0 radical (unpaired) electrons. The molecule has 5 rings (SSSR count). The molecule has 0 N–H and O–H groups in total. The molecule has 7 heteroatoms. The number of hydrazone groups is 2. The molecule has 0 saturated carbocycles. The second kappa shape index (κ2) is 11.0. The minimum Gasteiger partial charge on any atom is -0.493 e. The van der Waals surface area contributed by atoms with Gasteiger partial charge in [0.15, 0.2) is 0 Å². The number of hydrogen-bond donors (Lipinski definition) is 0. The Bertz CT molecular complexity index is 1290. The second-order valence-corrected chi connectivity index (χ2v) is 9.67. The van der Waals surface area contributed by atoms with E-state index in [1.54, 1.807) is 0 Å². The average Bonchev–Trinajstić information content (AvgIpc) is 3.41. The van der Waals surface area contributed by atoms with Crippen molar-refractivity contribution < 1.29 is 14.3 Å². The van der Waals surface area contributed by atoms with Crippen LogP contribution >= 0.6 is 0 Å². The topological polar surface area (TPSA) is 74.6 Å². The van der Waals surface area contributed by atoms with Crippen molar-refractivity contribution in [2.45, 2.75) is 39.5 Å². The normalized spacial score (nSPS) is 20.0. The number of unbranched alkanes of at least 4 members (excludes halogenated alkanes) is 1. The van der Waals surface area contributed by atoms with Crippen molar-refractivity contribution in [3.63, 3.8) is 0 Å². The van der Waals surface area contributed by atoms with Crippen molar-refractivity contribution in [2.24, 2.45) is 22.0 Å². The van der Waals surface area contributed by atoms with E-state index in [9.17, 15) is 9.59 Å². The van der Waals surface area contributed by atoms with E-state index in [0.29, 0.717) is 35.2 Å². The molecule has 0 aromatic heterocycles. The molecule has 7 nitrogen and oxygen atoms in total. The minimum atomic E-state index is -0.652. The third-order valence-corrected chi connectivity index (χ3v) is 7.12. The number of carbonyl (C=O) groups excluding carboxylic acids is 2. The van der Waals surface area contributed by atoms with Crippen molar-refractivity contribution in [3.05, 3.63) is 90.5 Å². The van der Waals surface area contributed by atoms with E-state index in [-0.39, 0.29) is 11.8 Å². The Morgan fingerprint density at radius 3 is 1.71 bits per heavy atom. The maximum Gasteiger partial charge on any atom is 0.256 e. The highest BCUT2D eigenvalue weighted by Crippen LogP contribution is 2.45. The predicted molar refractivity (Wildman–Crippen MR) is 151 cm³/mol. The molecule has 2 unspecified atom stereocenters. The monoisotopic (exact) mass is 508 g/mol. The molecule has 3 aromatic rings. The fraction of sp³-hybridized carbons (Fsp3) is 0.290. The van der Waals surface area contributed by atoms with Crippen LogP contribution in [0, 0.1) is 11.8 Å². The van der Waals surface area contributed by atoms with Gasteiger partial charge in [-0.2, -0.15) is 10.2 Å². The molecular formula is C31H32N4O3. The maximum absolute atomic E-state index is 14.0. The highest BCUT2D eigenvalue weighted by Gasteiger charge is 2.50. The first-order valence-corrected chi connectivity index (χ1v) is 13.1. The van der Waals surface area contributed by atoms with E-state index in [4.69, 9.17) is 4.74 Å². The largest absolute Gasteiger partial charge is 0.493 e. The Morgan fingerprint density at radius 1 is 0.737 bits per heavy atom. The quantitative estimate of drug-likeness (QED) is 0.331. The van der Waals surface area contributed by atoms with E-state index in [2.05, 4.69) is 17.1 Å². The van der Waals surface area contributed by atoms with E-state index in [0.717, 1.165) is 18.4 Å². The number of anilines is 2. The van der Waals surface area contributed by atoms with Gasteiger partial charge in [-0.3, -0.25) is 9.59 Å². The number of para-hydroxylation sites is 3. The maximum atomic E-state index is 14.0. The van der Waals surface area contributed by atoms with Crippen LogP contribution in [0.25, 0.3) is 0 Å². The van der Waals surface area contributed by atoms with E-state index < -0.39 is 17.8 Å². The predicted octanol–water partition coefficient (Wildman–Crippen LogP) is 6.03. The van der Waals surface area contributed by atoms with E-state index in [1.165, 1.54) is 10.0 Å². The summed E-state index contributed by atoms with van der Waals surface area (Å²) in [7, 11) is 0. The number of amides is 2. The number of rotatable bonds is 9. The highest BCUT2D eigenvalue weighted by atomic mass is 16.5. The van der Waals surface area contributed by atoms with Crippen LogP contribution < -0.4 is 14.8 Å². The summed E-state index contributed by atoms with van der Waals surface area (Å²) in [5.74, 6) is -1.49. The summed E-state index contributed by atoms with van der Waals surface area (Å²) in [6.45, 7) is 6.40. The van der Waals surface area contributed by atoms with Crippen LogP contribution in [0.1, 0.15) is 45.1 Å². The van der Waals surface area contributed by atoms with Crippen molar-refractivity contribution in [2.75, 3.05) is 16.6 Å². The molecule has 2 amide bonds. The Labute approximate surface area is 223 Å². The average molecular weight is 509 g/mol. The third-order valence-electron chi connectivity index (χ3n) is 7.12. The van der Waals surface area contributed by atoms with Gasteiger partial charge in [-0.25, -0.2) is 10.0 Å². The van der Waals surface area contributed by atoms with Crippen molar-refractivity contribution in [3.8, 4) is 5.75 Å². The Kier molecular flexibility index (Phi) is 7.36. The molecule has 194 valence electrons. The zero-order chi connectivity index (χ0) is 26.6. The zero-order valence-corrected chi connectivity index (χ0v) is 21.9. The number of ether oxygens (including phenoxy) is 1. The van der Waals surface area contributed by atoms with Gasteiger partial charge in [0.1, 0.15) is 5.75 Å². The first-order valence-electron chi connectivity index (χ1n) is 13.1. The lowest BCUT2D eigenvalue weighted by atomic mass is 9.72. The third kappa shape index (κ3) is 4.72. The van der Waals surface area contributed by atoms with Gasteiger partial charge in [-0.05, 0) is 56.2 Å². The number of nitrogens with zero attached hydrogens (tertiary/aromatic N) is 4. The molecule has 2 heterocycles. The van der Waals surface area contributed by atoms with Gasteiger partial charge in [0.2, 0.25) is 0 Å². The minimum absolute atomic E-state index is 0.166. The standard InChI is InChI=1S/C31H32N4O3/c1-4-5-20-38-26-19-13-12-18-25(26)29(27-21(2)32-34(30(27)36)23-14-8-6-9-15-23)28-22(3)33-35(31(28)37)24-16-10-7-11-17-24/h6-19,27-29H,4-5,20H2,1-3H3. The molecule has 2 aliphatic rings. The number of hydrogen-bond acceptors (Lipinski definition) is 5. The summed E-state index contributed by atoms with van der Waals surface area (Å²) >= 11 is 0. The number of benzene rings is 3. The number of carbonyl (C=O) groups is 2. The Hall–Kier alpha value is -4.26. The Morgan fingerprint density at radius 2 is 1.21 bits per heavy atom. The second-order valence-electron chi connectivity index (χ2n) is 9.67. The first kappa shape index (κ1) is 25.4. The van der Waals surface area contributed by atoms with Gasteiger partial charge in [0, 0.05) is 17.3 Å². The molecule has 38 heavy (non-hydrogen) atoms. The molecule has 0 saturated heterocycles. The van der Waals surface area contributed by atoms with E-state index >= 15 is 0 Å². The summed E-state index contributed by atoms with van der Waals surface area (Å²) in [5.41, 5.74) is 3.52. The molecule has 0 fully saturated rings. The SMILES string of the molecule is CCCCOc1ccccc1C(C1C(=O)N(c2ccccc2)N=C1C)C1C(=O)N(c2ccccc2)N=C1C. The van der Waals surface area contributed by atoms with Gasteiger partial charge in [0.05, 0.1) is 29.8 Å².